The summed E-state index contributed by atoms with van der Waals surface area (Å²) in [4.78, 5) is 10.9. The summed E-state index contributed by atoms with van der Waals surface area (Å²) in [5.41, 5.74) is -0.591. The van der Waals surface area contributed by atoms with E-state index in [-0.39, 0.29) is 0 Å². The molecule has 1 saturated carbocycles. The Balaban J connectivity index is 1.88. The summed E-state index contributed by atoms with van der Waals surface area (Å²) in [7, 11) is 0. The van der Waals surface area contributed by atoms with Crippen molar-refractivity contribution in [2.24, 2.45) is 11.3 Å². The van der Waals surface area contributed by atoms with Crippen LogP contribution in [-0.4, -0.2) is 24.3 Å². The number of hydrogen-bond donors (Lipinski definition) is 1. The van der Waals surface area contributed by atoms with E-state index >= 15 is 0 Å². The van der Waals surface area contributed by atoms with Crippen LogP contribution in [0.4, 0.5) is 0 Å². The topological polar surface area (TPSA) is 46.5 Å². The molecule has 0 amide bonds. The van der Waals surface area contributed by atoms with Crippen LogP contribution >= 0.6 is 0 Å². The molecule has 0 atom stereocenters. The minimum Gasteiger partial charge on any atom is -0.481 e. The number of rotatable bonds is 9. The maximum Gasteiger partial charge on any atom is 0.309 e. The van der Waals surface area contributed by atoms with Gasteiger partial charge in [0.05, 0.1) is 5.41 Å². The molecule has 1 aliphatic rings. The third-order valence-electron chi connectivity index (χ3n) is 3.81. The van der Waals surface area contributed by atoms with Crippen LogP contribution in [0, 0.1) is 11.3 Å². The third-order valence-corrected chi connectivity index (χ3v) is 3.81. The third kappa shape index (κ3) is 5.53. The molecule has 0 aromatic heterocycles. The van der Waals surface area contributed by atoms with Crippen molar-refractivity contribution in [3.05, 3.63) is 0 Å². The van der Waals surface area contributed by atoms with E-state index in [2.05, 4.69) is 0 Å². The van der Waals surface area contributed by atoms with E-state index in [9.17, 15) is 4.79 Å². The van der Waals surface area contributed by atoms with Gasteiger partial charge < -0.3 is 9.84 Å². The Hall–Kier alpha value is -0.570. The molecule has 1 N–H and O–H groups in total. The second-order valence-electron chi connectivity index (χ2n) is 5.84. The van der Waals surface area contributed by atoms with E-state index in [1.165, 1.54) is 25.7 Å². The van der Waals surface area contributed by atoms with Gasteiger partial charge in [-0.15, -0.1) is 0 Å². The minimum atomic E-state index is -0.705. The van der Waals surface area contributed by atoms with Crippen LogP contribution in [0.25, 0.3) is 0 Å². The zero-order valence-electron chi connectivity index (χ0n) is 11.2. The first-order valence-electron chi connectivity index (χ1n) is 6.83. The first-order valence-corrected chi connectivity index (χ1v) is 6.83. The highest BCUT2D eigenvalue weighted by Gasteiger charge is 2.25. The van der Waals surface area contributed by atoms with E-state index < -0.39 is 11.4 Å². The molecule has 1 rings (SSSR count). The molecule has 0 saturated heterocycles. The van der Waals surface area contributed by atoms with Gasteiger partial charge in [0.15, 0.2) is 0 Å². The summed E-state index contributed by atoms with van der Waals surface area (Å²) in [6, 6.07) is 0. The van der Waals surface area contributed by atoms with Crippen LogP contribution in [0.3, 0.4) is 0 Å². The van der Waals surface area contributed by atoms with Gasteiger partial charge in [-0.3, -0.25) is 4.79 Å². The molecule has 3 heteroatoms. The molecular formula is C14H26O3. The fraction of sp³-hybridized carbons (Fsp3) is 0.929. The number of hydrogen-bond acceptors (Lipinski definition) is 2. The van der Waals surface area contributed by atoms with Crippen LogP contribution in [0.5, 0.6) is 0 Å². The monoisotopic (exact) mass is 242 g/mol. The smallest absolute Gasteiger partial charge is 0.309 e. The van der Waals surface area contributed by atoms with Crippen molar-refractivity contribution in [1.82, 2.24) is 0 Å². The van der Waals surface area contributed by atoms with Gasteiger partial charge in [-0.1, -0.05) is 25.7 Å². The average molecular weight is 242 g/mol. The molecule has 0 aromatic carbocycles. The van der Waals surface area contributed by atoms with Crippen molar-refractivity contribution >= 4 is 5.97 Å². The summed E-state index contributed by atoms with van der Waals surface area (Å²) in [6.07, 6.45) is 8.01. The molecule has 0 bridgehead atoms. The van der Waals surface area contributed by atoms with Gasteiger partial charge in [0, 0.05) is 13.2 Å². The lowest BCUT2D eigenvalue weighted by molar-refractivity contribution is -0.147. The normalized spacial score (nSPS) is 16.8. The Morgan fingerprint density at radius 2 is 2.00 bits per heavy atom. The fourth-order valence-electron chi connectivity index (χ4n) is 2.01. The van der Waals surface area contributed by atoms with E-state index in [1.54, 1.807) is 13.8 Å². The maximum absolute atomic E-state index is 10.9. The predicted octanol–water partition coefficient (Wildman–Crippen LogP) is 3.47. The lowest BCUT2D eigenvalue weighted by Crippen LogP contribution is -2.23. The predicted molar refractivity (Wildman–Crippen MR) is 68.0 cm³/mol. The lowest BCUT2D eigenvalue weighted by atomic mass is 9.83. The Labute approximate surface area is 105 Å². The first kappa shape index (κ1) is 14.5. The van der Waals surface area contributed by atoms with Crippen LogP contribution < -0.4 is 0 Å². The standard InChI is InChI=1S/C14H26O3/c1-14(2,13(15)16)9-3-4-10-17-11-8-12-6-5-7-12/h12H,3-11H2,1-2H3,(H,15,16). The van der Waals surface area contributed by atoms with Crippen LogP contribution in [0.1, 0.15) is 58.8 Å². The molecule has 0 heterocycles. The van der Waals surface area contributed by atoms with Gasteiger partial charge in [0.2, 0.25) is 0 Å². The van der Waals surface area contributed by atoms with Crippen molar-refractivity contribution in [2.75, 3.05) is 13.2 Å². The number of carboxylic acid groups (broad SMARTS) is 1. The zero-order valence-corrected chi connectivity index (χ0v) is 11.2. The van der Waals surface area contributed by atoms with Gasteiger partial charge in [-0.2, -0.15) is 0 Å². The average Bonchev–Trinajstić information content (AvgIpc) is 2.19. The lowest BCUT2D eigenvalue weighted by Gasteiger charge is -2.24. The van der Waals surface area contributed by atoms with Crippen molar-refractivity contribution in [1.29, 1.82) is 0 Å². The molecule has 100 valence electrons. The van der Waals surface area contributed by atoms with Gasteiger partial charge in [-0.25, -0.2) is 0 Å². The highest BCUT2D eigenvalue weighted by Crippen LogP contribution is 2.29. The van der Waals surface area contributed by atoms with E-state index in [0.717, 1.165) is 38.4 Å². The van der Waals surface area contributed by atoms with Gasteiger partial charge in [0.1, 0.15) is 0 Å². The second kappa shape index (κ2) is 7.00. The Morgan fingerprint density at radius 3 is 2.53 bits per heavy atom. The van der Waals surface area contributed by atoms with Gasteiger partial charge in [-0.05, 0) is 39.0 Å². The second-order valence-corrected chi connectivity index (χ2v) is 5.84. The van der Waals surface area contributed by atoms with E-state index in [0.29, 0.717) is 0 Å². The van der Waals surface area contributed by atoms with Crippen molar-refractivity contribution in [3.63, 3.8) is 0 Å². The number of aliphatic carboxylic acids is 1. The summed E-state index contributed by atoms with van der Waals surface area (Å²) >= 11 is 0. The Morgan fingerprint density at radius 1 is 1.29 bits per heavy atom. The van der Waals surface area contributed by atoms with Crippen molar-refractivity contribution < 1.29 is 14.6 Å². The number of carbonyl (C=O) groups is 1. The fourth-order valence-corrected chi connectivity index (χ4v) is 2.01. The largest absolute Gasteiger partial charge is 0.481 e. The molecule has 1 fully saturated rings. The molecule has 0 aliphatic heterocycles. The molecule has 3 nitrogen and oxygen atoms in total. The highest BCUT2D eigenvalue weighted by atomic mass is 16.5. The van der Waals surface area contributed by atoms with Gasteiger partial charge in [0.25, 0.3) is 0 Å². The summed E-state index contributed by atoms with van der Waals surface area (Å²) in [6.45, 7) is 5.23. The summed E-state index contributed by atoms with van der Waals surface area (Å²) in [5, 5.41) is 8.95. The Bertz CT molecular complexity index is 232. The summed E-state index contributed by atoms with van der Waals surface area (Å²) < 4.78 is 5.57. The SMILES string of the molecule is CC(C)(CCCCOCCC1CCC1)C(=O)O. The molecule has 0 radical (unpaired) electrons. The van der Waals surface area contributed by atoms with E-state index in [4.69, 9.17) is 9.84 Å². The zero-order chi connectivity index (χ0) is 12.7. The van der Waals surface area contributed by atoms with Crippen molar-refractivity contribution in [3.8, 4) is 0 Å². The Kier molecular flexibility index (Phi) is 5.96. The number of unbranched alkanes of at least 4 members (excludes halogenated alkanes) is 1. The van der Waals surface area contributed by atoms with Crippen LogP contribution in [-0.2, 0) is 9.53 Å². The quantitative estimate of drug-likeness (QED) is 0.630. The molecule has 0 aromatic rings. The molecule has 0 unspecified atom stereocenters. The minimum absolute atomic E-state index is 0.591. The molecule has 1 aliphatic carbocycles. The van der Waals surface area contributed by atoms with Gasteiger partial charge >= 0.3 is 5.97 Å². The molecule has 17 heavy (non-hydrogen) atoms. The highest BCUT2D eigenvalue weighted by molar-refractivity contribution is 5.73. The first-order chi connectivity index (χ1) is 8.02. The number of ether oxygens (including phenoxy) is 1. The van der Waals surface area contributed by atoms with Crippen LogP contribution in [0.15, 0.2) is 0 Å². The van der Waals surface area contributed by atoms with Crippen molar-refractivity contribution in [2.45, 2.75) is 58.8 Å². The maximum atomic E-state index is 10.9. The molecule has 0 spiro atoms. The van der Waals surface area contributed by atoms with E-state index in [1.807, 2.05) is 0 Å². The summed E-state index contributed by atoms with van der Waals surface area (Å²) in [5.74, 6) is 0.212. The van der Waals surface area contributed by atoms with Crippen LogP contribution in [0.2, 0.25) is 0 Å². The molecular weight excluding hydrogens is 216 g/mol. The number of carboxylic acids is 1.